The van der Waals surface area contributed by atoms with Crippen LogP contribution in [0.4, 0.5) is 17.1 Å². The van der Waals surface area contributed by atoms with Crippen LogP contribution < -0.4 is 10.2 Å². The van der Waals surface area contributed by atoms with Gasteiger partial charge in [0.05, 0.1) is 18.9 Å². The number of fused-ring (bicyclic) bond motifs is 2. The number of anilines is 3. The van der Waals surface area contributed by atoms with Crippen LogP contribution in [-0.2, 0) is 20.1 Å². The topological polar surface area (TPSA) is 50.8 Å². The molecule has 2 fully saturated rings. The summed E-state index contributed by atoms with van der Waals surface area (Å²) >= 11 is 0. The predicted octanol–water partition coefficient (Wildman–Crippen LogP) is 3.78. The summed E-state index contributed by atoms with van der Waals surface area (Å²) in [6.07, 6.45) is 3.21. The van der Waals surface area contributed by atoms with E-state index in [0.29, 0.717) is 19.1 Å². The van der Waals surface area contributed by atoms with Gasteiger partial charge in [-0.3, -0.25) is 4.79 Å². The molecule has 0 unspecified atom stereocenters. The summed E-state index contributed by atoms with van der Waals surface area (Å²) in [6, 6.07) is 16.0. The number of carbonyl (C=O) groups excluding carboxylic acids is 1. The molecule has 1 spiro atoms. The summed E-state index contributed by atoms with van der Waals surface area (Å²) in [4.78, 5) is 15.1. The Labute approximate surface area is 152 Å². The van der Waals surface area contributed by atoms with E-state index in [-0.39, 0.29) is 5.91 Å². The fourth-order valence-corrected chi connectivity index (χ4v) is 3.75. The van der Waals surface area contributed by atoms with Crippen LogP contribution in [-0.4, -0.2) is 25.7 Å². The molecule has 1 saturated heterocycles. The van der Waals surface area contributed by atoms with Gasteiger partial charge in [0.15, 0.2) is 0 Å². The Kier molecular flexibility index (Phi) is 3.72. The van der Waals surface area contributed by atoms with Crippen LogP contribution in [0.3, 0.4) is 0 Å². The van der Waals surface area contributed by atoms with Crippen LogP contribution in [0.25, 0.3) is 0 Å². The number of nitrogens with one attached hydrogen (secondary N) is 1. The van der Waals surface area contributed by atoms with Gasteiger partial charge in [0.2, 0.25) is 0 Å². The molecule has 0 atom stereocenters. The first-order valence-electron chi connectivity index (χ1n) is 9.33. The highest BCUT2D eigenvalue weighted by Gasteiger charge is 2.55. The molecule has 1 N–H and O–H groups in total. The van der Waals surface area contributed by atoms with Crippen molar-refractivity contribution in [1.82, 2.24) is 0 Å². The lowest BCUT2D eigenvalue weighted by atomic mass is 10.0. The van der Waals surface area contributed by atoms with E-state index in [1.807, 2.05) is 53.4 Å². The van der Waals surface area contributed by atoms with Crippen molar-refractivity contribution < 1.29 is 14.3 Å². The number of para-hydroxylation sites is 1. The van der Waals surface area contributed by atoms with E-state index < -0.39 is 5.79 Å². The molecule has 5 nitrogen and oxygen atoms in total. The minimum absolute atomic E-state index is 0.0732. The lowest BCUT2D eigenvalue weighted by Gasteiger charge is -2.32. The Morgan fingerprint density at radius 3 is 2.54 bits per heavy atom. The molecule has 26 heavy (non-hydrogen) atoms. The van der Waals surface area contributed by atoms with Gasteiger partial charge in [0.25, 0.3) is 11.7 Å². The third kappa shape index (κ3) is 2.59. The second kappa shape index (κ2) is 6.11. The molecule has 0 radical (unpaired) electrons. The zero-order valence-electron chi connectivity index (χ0n) is 14.6. The van der Waals surface area contributed by atoms with Crippen LogP contribution in [0, 0.1) is 5.92 Å². The highest BCUT2D eigenvalue weighted by atomic mass is 16.7. The van der Waals surface area contributed by atoms with Gasteiger partial charge in [0, 0.05) is 23.5 Å². The van der Waals surface area contributed by atoms with Gasteiger partial charge in [-0.25, -0.2) is 0 Å². The smallest absolute Gasteiger partial charge is 0.292 e. The minimum Gasteiger partial charge on any atom is -0.356 e. The monoisotopic (exact) mass is 350 g/mol. The predicted molar refractivity (Wildman–Crippen MR) is 99.4 cm³/mol. The molecule has 1 saturated carbocycles. The van der Waals surface area contributed by atoms with Crippen molar-refractivity contribution in [3.63, 3.8) is 0 Å². The highest BCUT2D eigenvalue weighted by Crippen LogP contribution is 2.47. The van der Waals surface area contributed by atoms with E-state index >= 15 is 0 Å². The molecule has 2 heterocycles. The number of hydrogen-bond acceptors (Lipinski definition) is 4. The Morgan fingerprint density at radius 1 is 1.04 bits per heavy atom. The summed E-state index contributed by atoms with van der Waals surface area (Å²) in [5, 5.41) is 3.40. The van der Waals surface area contributed by atoms with E-state index in [1.165, 1.54) is 12.8 Å². The quantitative estimate of drug-likeness (QED) is 0.912. The van der Waals surface area contributed by atoms with E-state index in [9.17, 15) is 4.79 Å². The maximum atomic E-state index is 13.2. The number of rotatable bonds is 4. The third-order valence-corrected chi connectivity index (χ3v) is 5.27. The lowest BCUT2D eigenvalue weighted by Crippen LogP contribution is -2.47. The maximum Gasteiger partial charge on any atom is 0.292 e. The van der Waals surface area contributed by atoms with E-state index in [1.54, 1.807) is 0 Å². The molecule has 2 aliphatic heterocycles. The molecule has 1 amide bonds. The van der Waals surface area contributed by atoms with Crippen molar-refractivity contribution in [2.24, 2.45) is 5.92 Å². The Morgan fingerprint density at radius 2 is 1.81 bits per heavy atom. The molecule has 2 aromatic rings. The van der Waals surface area contributed by atoms with E-state index in [4.69, 9.17) is 9.47 Å². The number of hydrogen-bond donors (Lipinski definition) is 1. The fraction of sp³-hybridized carbons (Fsp3) is 0.381. The number of ether oxygens (including phenoxy) is 2. The van der Waals surface area contributed by atoms with Crippen molar-refractivity contribution in [3.05, 3.63) is 54.1 Å². The van der Waals surface area contributed by atoms with Gasteiger partial charge in [-0.1, -0.05) is 18.2 Å². The first kappa shape index (κ1) is 15.9. The fourth-order valence-electron chi connectivity index (χ4n) is 3.75. The van der Waals surface area contributed by atoms with Crippen LogP contribution in [0.1, 0.15) is 24.8 Å². The zero-order chi connectivity index (χ0) is 17.6. The van der Waals surface area contributed by atoms with Gasteiger partial charge in [0.1, 0.15) is 0 Å². The molecule has 3 aliphatic rings. The zero-order valence-corrected chi connectivity index (χ0v) is 14.6. The normalized spacial score (nSPS) is 21.1. The molecule has 5 rings (SSSR count). The maximum absolute atomic E-state index is 13.2. The summed E-state index contributed by atoms with van der Waals surface area (Å²) in [5.41, 5.74) is 3.67. The molecule has 1 aliphatic carbocycles. The number of amides is 1. The van der Waals surface area contributed by atoms with Gasteiger partial charge in [-0.05, 0) is 55.5 Å². The lowest BCUT2D eigenvalue weighted by molar-refractivity contribution is -0.256. The molecule has 0 bridgehead atoms. The summed E-state index contributed by atoms with van der Waals surface area (Å²) in [6.45, 7) is 1.84. The number of nitrogens with zero attached hydrogens (tertiary/aromatic N) is 1. The molecular formula is C21H22N2O3. The minimum atomic E-state index is -1.27. The van der Waals surface area contributed by atoms with Crippen LogP contribution in [0.15, 0.2) is 48.5 Å². The second-order valence-electron chi connectivity index (χ2n) is 7.25. The summed E-state index contributed by atoms with van der Waals surface area (Å²) in [7, 11) is 0. The Hall–Kier alpha value is -2.37. The molecular weight excluding hydrogens is 328 g/mol. The standard InChI is InChI=1S/C21H22N2O3/c24-20-21(25-11-4-12-26-21)18-13-17(22-16-5-2-1-3-6-16)9-10-19(18)23(20)14-15-7-8-15/h1-3,5-6,9-10,13,15,22H,4,7-8,11-12,14H2. The SMILES string of the molecule is O=C1N(CC2CC2)c2ccc(Nc3ccccc3)cc2C12OCCCO2. The first-order chi connectivity index (χ1) is 12.8. The molecule has 0 aromatic heterocycles. The van der Waals surface area contributed by atoms with Gasteiger partial charge < -0.3 is 19.7 Å². The number of benzene rings is 2. The summed E-state index contributed by atoms with van der Waals surface area (Å²) < 4.78 is 11.9. The van der Waals surface area contributed by atoms with Gasteiger partial charge >= 0.3 is 0 Å². The van der Waals surface area contributed by atoms with E-state index in [0.717, 1.165) is 35.6 Å². The second-order valence-corrected chi connectivity index (χ2v) is 7.25. The first-order valence-corrected chi connectivity index (χ1v) is 9.33. The number of carbonyl (C=O) groups is 1. The van der Waals surface area contributed by atoms with Crippen LogP contribution in [0.5, 0.6) is 0 Å². The average Bonchev–Trinajstić information content (AvgIpc) is 3.48. The Balaban J connectivity index is 1.53. The van der Waals surface area contributed by atoms with Gasteiger partial charge in [-0.2, -0.15) is 0 Å². The molecule has 5 heteroatoms. The van der Waals surface area contributed by atoms with Gasteiger partial charge in [-0.15, -0.1) is 0 Å². The van der Waals surface area contributed by atoms with Crippen LogP contribution >= 0.6 is 0 Å². The molecule has 134 valence electrons. The van der Waals surface area contributed by atoms with Crippen molar-refractivity contribution in [2.45, 2.75) is 25.0 Å². The van der Waals surface area contributed by atoms with E-state index in [2.05, 4.69) is 5.32 Å². The van der Waals surface area contributed by atoms with Crippen molar-refractivity contribution in [2.75, 3.05) is 30.0 Å². The summed E-state index contributed by atoms with van der Waals surface area (Å²) in [5.74, 6) is -0.736. The average molecular weight is 350 g/mol. The van der Waals surface area contributed by atoms with Crippen molar-refractivity contribution >= 4 is 23.0 Å². The van der Waals surface area contributed by atoms with Crippen molar-refractivity contribution in [3.8, 4) is 0 Å². The third-order valence-electron chi connectivity index (χ3n) is 5.27. The highest BCUT2D eigenvalue weighted by molar-refractivity contribution is 6.06. The van der Waals surface area contributed by atoms with Crippen molar-refractivity contribution in [1.29, 1.82) is 0 Å². The van der Waals surface area contributed by atoms with Crippen LogP contribution in [0.2, 0.25) is 0 Å². The Bertz CT molecular complexity index is 826. The largest absolute Gasteiger partial charge is 0.356 e. The molecule has 2 aromatic carbocycles.